The number of nitrogens with zero attached hydrogens (tertiary/aromatic N) is 1. The van der Waals surface area contributed by atoms with Gasteiger partial charge in [0.05, 0.1) is 13.7 Å². The molecule has 2 aromatic rings. The molecule has 0 saturated carbocycles. The quantitative estimate of drug-likeness (QED) is 0.664. The second kappa shape index (κ2) is 6.19. The Labute approximate surface area is 154 Å². The molecule has 4 rings (SSSR count). The second-order valence-electron chi connectivity index (χ2n) is 6.66. The largest absolute Gasteiger partial charge is 0.494 e. The van der Waals surface area contributed by atoms with Gasteiger partial charge in [-0.1, -0.05) is 24.3 Å². The van der Waals surface area contributed by atoms with E-state index in [0.29, 0.717) is 12.8 Å². The molecular formula is C20H17FN2O4. The van der Waals surface area contributed by atoms with Crippen molar-refractivity contribution in [2.75, 3.05) is 13.7 Å². The van der Waals surface area contributed by atoms with Gasteiger partial charge in [-0.25, -0.2) is 9.18 Å². The molecule has 0 unspecified atom stereocenters. The number of aryl methyl sites for hydroxylation is 1. The zero-order valence-corrected chi connectivity index (χ0v) is 14.6. The Morgan fingerprint density at radius 2 is 2.04 bits per heavy atom. The standard InChI is InChI=1S/C20H17FN2O4/c1-27-17-7-6-13(10-15(17)21)16(24)11-23-18(25)20(22-19(23)26)9-8-12-4-2-3-5-14(12)20/h2-7,10H,8-9,11H2,1H3,(H,22,26)/t20-/m1/s1. The molecular weight excluding hydrogens is 351 g/mol. The summed E-state index contributed by atoms with van der Waals surface area (Å²) in [5.74, 6) is -1.63. The van der Waals surface area contributed by atoms with E-state index in [1.54, 1.807) is 0 Å². The van der Waals surface area contributed by atoms with Gasteiger partial charge in [-0.05, 0) is 42.2 Å². The molecule has 0 radical (unpaired) electrons. The molecule has 0 bridgehead atoms. The van der Waals surface area contributed by atoms with Gasteiger partial charge in [-0.15, -0.1) is 0 Å². The summed E-state index contributed by atoms with van der Waals surface area (Å²) >= 11 is 0. The number of Topliss-reactive ketones (excluding diaryl/α,β-unsaturated/α-hetero) is 1. The van der Waals surface area contributed by atoms with Crippen LogP contribution in [-0.4, -0.2) is 36.3 Å². The first-order valence-corrected chi connectivity index (χ1v) is 8.55. The molecule has 3 amide bonds. The molecule has 1 spiro atoms. The first-order chi connectivity index (χ1) is 13.0. The zero-order chi connectivity index (χ0) is 19.2. The first-order valence-electron chi connectivity index (χ1n) is 8.55. The van der Waals surface area contributed by atoms with Crippen LogP contribution in [0.15, 0.2) is 42.5 Å². The van der Waals surface area contributed by atoms with Crippen LogP contribution in [0.5, 0.6) is 5.75 Å². The number of urea groups is 1. The third kappa shape index (κ3) is 2.58. The summed E-state index contributed by atoms with van der Waals surface area (Å²) in [5.41, 5.74) is 0.742. The van der Waals surface area contributed by atoms with Crippen LogP contribution in [0.4, 0.5) is 9.18 Å². The van der Waals surface area contributed by atoms with Gasteiger partial charge in [0.15, 0.2) is 17.3 Å². The van der Waals surface area contributed by atoms with Crippen LogP contribution >= 0.6 is 0 Å². The minimum atomic E-state index is -1.11. The van der Waals surface area contributed by atoms with Crippen molar-refractivity contribution in [3.05, 3.63) is 65.0 Å². The third-order valence-electron chi connectivity index (χ3n) is 5.20. The summed E-state index contributed by atoms with van der Waals surface area (Å²) in [6.45, 7) is -0.444. The predicted octanol–water partition coefficient (Wildman–Crippen LogP) is 2.41. The minimum Gasteiger partial charge on any atom is -0.494 e. The fraction of sp³-hybridized carbons (Fsp3) is 0.250. The summed E-state index contributed by atoms with van der Waals surface area (Å²) < 4.78 is 18.7. The topological polar surface area (TPSA) is 75.7 Å². The monoisotopic (exact) mass is 368 g/mol. The number of fused-ring (bicyclic) bond motifs is 2. The van der Waals surface area contributed by atoms with Crippen LogP contribution in [0, 0.1) is 5.82 Å². The van der Waals surface area contributed by atoms with Gasteiger partial charge in [0.1, 0.15) is 5.54 Å². The molecule has 0 aromatic heterocycles. The van der Waals surface area contributed by atoms with E-state index in [2.05, 4.69) is 5.32 Å². The van der Waals surface area contributed by atoms with Crippen LogP contribution in [-0.2, 0) is 16.8 Å². The van der Waals surface area contributed by atoms with E-state index in [1.807, 2.05) is 24.3 Å². The highest BCUT2D eigenvalue weighted by Gasteiger charge is 2.55. The van der Waals surface area contributed by atoms with Crippen molar-refractivity contribution in [1.29, 1.82) is 0 Å². The minimum absolute atomic E-state index is 0.0167. The Kier molecular flexibility index (Phi) is 3.95. The van der Waals surface area contributed by atoms with Crippen LogP contribution in [0.25, 0.3) is 0 Å². The second-order valence-corrected chi connectivity index (χ2v) is 6.66. The Hall–Kier alpha value is -3.22. The van der Waals surface area contributed by atoms with E-state index in [0.717, 1.165) is 22.1 Å². The van der Waals surface area contributed by atoms with E-state index in [-0.39, 0.29) is 11.3 Å². The number of halogens is 1. The summed E-state index contributed by atoms with van der Waals surface area (Å²) in [6.07, 6.45) is 1.13. The number of amides is 3. The van der Waals surface area contributed by atoms with Crippen molar-refractivity contribution >= 4 is 17.7 Å². The Morgan fingerprint density at radius 1 is 1.26 bits per heavy atom. The molecule has 2 aliphatic rings. The van der Waals surface area contributed by atoms with Gasteiger partial charge >= 0.3 is 6.03 Å². The number of benzene rings is 2. The number of rotatable bonds is 4. The smallest absolute Gasteiger partial charge is 0.325 e. The lowest BCUT2D eigenvalue weighted by molar-refractivity contribution is -0.131. The van der Waals surface area contributed by atoms with Crippen molar-refractivity contribution < 1.29 is 23.5 Å². The van der Waals surface area contributed by atoms with Crippen LogP contribution in [0.2, 0.25) is 0 Å². The number of carbonyl (C=O) groups excluding carboxylic acids is 3. The number of carbonyl (C=O) groups is 3. The number of nitrogens with one attached hydrogen (secondary N) is 1. The fourth-order valence-electron chi connectivity index (χ4n) is 3.81. The molecule has 1 N–H and O–H groups in total. The van der Waals surface area contributed by atoms with Gasteiger partial charge in [-0.3, -0.25) is 14.5 Å². The Bertz CT molecular complexity index is 974. The fourth-order valence-corrected chi connectivity index (χ4v) is 3.81. The van der Waals surface area contributed by atoms with E-state index in [4.69, 9.17) is 4.74 Å². The average molecular weight is 368 g/mol. The third-order valence-corrected chi connectivity index (χ3v) is 5.20. The molecule has 1 aliphatic carbocycles. The lowest BCUT2D eigenvalue weighted by atomic mass is 9.92. The summed E-state index contributed by atoms with van der Waals surface area (Å²) in [6, 6.07) is 10.6. The number of imide groups is 1. The molecule has 1 heterocycles. The molecule has 6 nitrogen and oxygen atoms in total. The van der Waals surface area contributed by atoms with Gasteiger partial charge in [0.25, 0.3) is 5.91 Å². The number of hydrogen-bond donors (Lipinski definition) is 1. The summed E-state index contributed by atoms with van der Waals surface area (Å²) in [4.78, 5) is 38.9. The van der Waals surface area contributed by atoms with Gasteiger partial charge < -0.3 is 10.1 Å². The average Bonchev–Trinajstić information content (AvgIpc) is 3.15. The molecule has 2 aromatic carbocycles. The maximum atomic E-state index is 13.8. The molecule has 1 atom stereocenters. The molecule has 7 heteroatoms. The lowest BCUT2D eigenvalue weighted by Crippen LogP contribution is -2.42. The highest BCUT2D eigenvalue weighted by molar-refractivity contribution is 6.11. The number of hydrogen-bond acceptors (Lipinski definition) is 4. The van der Waals surface area contributed by atoms with E-state index in [1.165, 1.54) is 19.2 Å². The summed E-state index contributed by atoms with van der Waals surface area (Å²) in [7, 11) is 1.33. The van der Waals surface area contributed by atoms with Gasteiger partial charge in [-0.2, -0.15) is 0 Å². The van der Waals surface area contributed by atoms with Gasteiger partial charge in [0, 0.05) is 5.56 Å². The lowest BCUT2D eigenvalue weighted by Gasteiger charge is -2.22. The SMILES string of the molecule is COc1ccc(C(=O)CN2C(=O)N[C@@]3(CCc4ccccc43)C2=O)cc1F. The van der Waals surface area contributed by atoms with Crippen LogP contribution < -0.4 is 10.1 Å². The predicted molar refractivity (Wildman–Crippen MR) is 94.0 cm³/mol. The zero-order valence-electron chi connectivity index (χ0n) is 14.6. The first kappa shape index (κ1) is 17.2. The van der Waals surface area contributed by atoms with Gasteiger partial charge in [0.2, 0.25) is 0 Å². The molecule has 138 valence electrons. The van der Waals surface area contributed by atoms with E-state index >= 15 is 0 Å². The van der Waals surface area contributed by atoms with Crippen molar-refractivity contribution in [3.63, 3.8) is 0 Å². The van der Waals surface area contributed by atoms with Crippen molar-refractivity contribution in [2.24, 2.45) is 0 Å². The molecule has 27 heavy (non-hydrogen) atoms. The van der Waals surface area contributed by atoms with Crippen molar-refractivity contribution in [1.82, 2.24) is 10.2 Å². The van der Waals surface area contributed by atoms with Crippen LogP contribution in [0.1, 0.15) is 27.9 Å². The highest BCUT2D eigenvalue weighted by atomic mass is 19.1. The maximum Gasteiger partial charge on any atom is 0.325 e. The Balaban J connectivity index is 1.59. The number of ketones is 1. The maximum absolute atomic E-state index is 13.8. The number of ether oxygens (including phenoxy) is 1. The van der Waals surface area contributed by atoms with Crippen LogP contribution in [0.3, 0.4) is 0 Å². The van der Waals surface area contributed by atoms with E-state index in [9.17, 15) is 18.8 Å². The number of methoxy groups -OCH3 is 1. The Morgan fingerprint density at radius 3 is 2.78 bits per heavy atom. The van der Waals surface area contributed by atoms with Crippen molar-refractivity contribution in [3.8, 4) is 5.75 Å². The normalized spacial score (nSPS) is 20.7. The molecule has 1 saturated heterocycles. The molecule has 1 aliphatic heterocycles. The highest BCUT2D eigenvalue weighted by Crippen LogP contribution is 2.41. The summed E-state index contributed by atoms with van der Waals surface area (Å²) in [5, 5.41) is 2.76. The van der Waals surface area contributed by atoms with Crippen molar-refractivity contribution in [2.45, 2.75) is 18.4 Å². The van der Waals surface area contributed by atoms with E-state index < -0.39 is 35.6 Å². The molecule has 1 fully saturated rings.